The molecule has 0 amide bonds. The number of halogens is 1. The first kappa shape index (κ1) is 26.7. The van der Waals surface area contributed by atoms with E-state index in [4.69, 9.17) is 26.8 Å². The number of anilines is 1. The molecule has 3 aromatic rings. The average Bonchev–Trinajstić information content (AvgIpc) is 2.84. The molecule has 3 rings (SSSR count). The second kappa shape index (κ2) is 11.7. The lowest BCUT2D eigenvalue weighted by Crippen LogP contribution is -2.35. The highest BCUT2D eigenvalue weighted by Gasteiger charge is 2.32. The van der Waals surface area contributed by atoms with Crippen molar-refractivity contribution in [2.45, 2.75) is 31.2 Å². The Morgan fingerprint density at radius 1 is 1.14 bits per heavy atom. The third-order valence-corrected chi connectivity index (χ3v) is 7.14. The lowest BCUT2D eigenvalue weighted by Gasteiger charge is -2.28. The summed E-state index contributed by atoms with van der Waals surface area (Å²) in [6.07, 6.45) is 1.41. The highest BCUT2D eigenvalue weighted by molar-refractivity contribution is 7.92. The molecule has 0 aliphatic carbocycles. The fourth-order valence-corrected chi connectivity index (χ4v) is 5.11. The van der Waals surface area contributed by atoms with Gasteiger partial charge in [-0.3, -0.25) is 0 Å². The minimum Gasteiger partial charge on any atom is -0.497 e. The number of methoxy groups -OCH3 is 1. The molecule has 0 saturated heterocycles. The number of hydrogen-bond donors (Lipinski definition) is 2. The molecule has 3 N–H and O–H groups in total. The number of nitrogens with two attached hydrogens (primary N) is 1. The smallest absolute Gasteiger partial charge is 0.265 e. The first-order valence-corrected chi connectivity index (χ1v) is 12.8. The molecule has 0 aliphatic rings. The van der Waals surface area contributed by atoms with Crippen molar-refractivity contribution >= 4 is 27.4 Å². The Bertz CT molecular complexity index is 1240. The maximum absolute atomic E-state index is 13.7. The minimum atomic E-state index is -4.03. The van der Waals surface area contributed by atoms with Crippen LogP contribution in [0.3, 0.4) is 0 Å². The summed E-state index contributed by atoms with van der Waals surface area (Å²) in [5.74, 6) is 0.691. The van der Waals surface area contributed by atoms with Crippen LogP contribution in [0.1, 0.15) is 32.0 Å². The third kappa shape index (κ3) is 6.21. The molecule has 9 nitrogen and oxygen atoms in total. The van der Waals surface area contributed by atoms with Gasteiger partial charge in [-0.25, -0.2) is 22.7 Å². The highest BCUT2D eigenvalue weighted by Crippen LogP contribution is 2.41. The lowest BCUT2D eigenvalue weighted by molar-refractivity contribution is 0.274. The number of nitrogens with zero attached hydrogens (tertiary/aromatic N) is 3. The molecular formula is C24H29ClN4O5S. The molecule has 0 fully saturated rings. The first-order valence-electron chi connectivity index (χ1n) is 11.0. The molecule has 0 radical (unpaired) electrons. The van der Waals surface area contributed by atoms with Gasteiger partial charge in [-0.1, -0.05) is 43.6 Å². The minimum absolute atomic E-state index is 0.0137. The summed E-state index contributed by atoms with van der Waals surface area (Å²) in [7, 11) is -2.52. The van der Waals surface area contributed by atoms with Gasteiger partial charge in [0, 0.05) is 19.2 Å². The fourth-order valence-electron chi connectivity index (χ4n) is 3.34. The van der Waals surface area contributed by atoms with E-state index in [1.54, 1.807) is 36.4 Å². The second-order valence-corrected chi connectivity index (χ2v) is 10.4. The number of rotatable bonds is 11. The topological polar surface area (TPSA) is 128 Å². The standard InChI is InChI=1S/C24H29ClN4O5S/c1-16(2)14-29(35(31,32)18-7-5-4-6-8-18)24-23(22(27-15-28-24)20(26)11-12-30)34-21-13-17(33-3)9-10-19(21)25/h4-10,13,15-16,20,30H,11-12,14,26H2,1-3H3. The molecule has 1 atom stereocenters. The van der Waals surface area contributed by atoms with Crippen LogP contribution in [0.25, 0.3) is 0 Å². The molecule has 2 aromatic carbocycles. The van der Waals surface area contributed by atoms with E-state index in [1.807, 2.05) is 13.8 Å². The number of sulfonamides is 1. The Balaban J connectivity index is 2.25. The zero-order valence-corrected chi connectivity index (χ0v) is 21.3. The summed E-state index contributed by atoms with van der Waals surface area (Å²) < 4.78 is 40.1. The van der Waals surface area contributed by atoms with Gasteiger partial charge in [0.05, 0.1) is 23.1 Å². The van der Waals surface area contributed by atoms with Crippen LogP contribution in [-0.4, -0.2) is 43.8 Å². The summed E-state index contributed by atoms with van der Waals surface area (Å²) in [5.41, 5.74) is 6.52. The Labute approximate surface area is 210 Å². The Kier molecular flexibility index (Phi) is 8.90. The maximum Gasteiger partial charge on any atom is 0.265 e. The van der Waals surface area contributed by atoms with Gasteiger partial charge >= 0.3 is 0 Å². The second-order valence-electron chi connectivity index (χ2n) is 8.17. The molecule has 0 saturated carbocycles. The van der Waals surface area contributed by atoms with Gasteiger partial charge < -0.3 is 20.3 Å². The molecule has 188 valence electrons. The van der Waals surface area contributed by atoms with Gasteiger partial charge in [0.15, 0.2) is 11.6 Å². The van der Waals surface area contributed by atoms with Crippen LogP contribution in [0.15, 0.2) is 59.8 Å². The van der Waals surface area contributed by atoms with Crippen LogP contribution in [0.2, 0.25) is 5.02 Å². The number of aromatic nitrogens is 2. The number of ether oxygens (including phenoxy) is 2. The summed E-state index contributed by atoms with van der Waals surface area (Å²) in [6, 6.07) is 12.2. The van der Waals surface area contributed by atoms with Crippen LogP contribution in [0.4, 0.5) is 5.82 Å². The van der Waals surface area contributed by atoms with E-state index in [2.05, 4.69) is 9.97 Å². The van der Waals surface area contributed by atoms with Crippen LogP contribution >= 0.6 is 11.6 Å². The Morgan fingerprint density at radius 3 is 2.49 bits per heavy atom. The normalized spacial score (nSPS) is 12.4. The summed E-state index contributed by atoms with van der Waals surface area (Å²) in [6.45, 7) is 3.71. The van der Waals surface area contributed by atoms with E-state index in [-0.39, 0.29) is 58.4 Å². The van der Waals surface area contributed by atoms with E-state index < -0.39 is 16.1 Å². The van der Waals surface area contributed by atoms with E-state index in [0.29, 0.717) is 5.75 Å². The quantitative estimate of drug-likeness (QED) is 0.385. The molecule has 0 aliphatic heterocycles. The van der Waals surface area contributed by atoms with E-state index in [9.17, 15) is 13.5 Å². The van der Waals surface area contributed by atoms with Gasteiger partial charge in [-0.2, -0.15) is 0 Å². The Morgan fingerprint density at radius 2 is 1.86 bits per heavy atom. The SMILES string of the molecule is COc1ccc(Cl)c(Oc2c(C(N)CCO)ncnc2N(CC(C)C)S(=O)(=O)c2ccccc2)c1. The van der Waals surface area contributed by atoms with Crippen LogP contribution in [-0.2, 0) is 10.0 Å². The Hall–Kier alpha value is -2.92. The van der Waals surface area contributed by atoms with Crippen molar-refractivity contribution in [1.82, 2.24) is 9.97 Å². The predicted octanol–water partition coefficient (Wildman–Crippen LogP) is 4.16. The zero-order valence-electron chi connectivity index (χ0n) is 19.8. The molecule has 35 heavy (non-hydrogen) atoms. The molecule has 1 heterocycles. The van der Waals surface area contributed by atoms with Crippen molar-refractivity contribution in [3.63, 3.8) is 0 Å². The zero-order chi connectivity index (χ0) is 25.6. The van der Waals surface area contributed by atoms with Crippen molar-refractivity contribution in [1.29, 1.82) is 0 Å². The van der Waals surface area contributed by atoms with Crippen LogP contribution in [0, 0.1) is 5.92 Å². The predicted molar refractivity (Wildman–Crippen MR) is 135 cm³/mol. The summed E-state index contributed by atoms with van der Waals surface area (Å²) >= 11 is 6.37. The summed E-state index contributed by atoms with van der Waals surface area (Å²) in [4.78, 5) is 8.69. The number of aliphatic hydroxyl groups is 1. The number of hydrogen-bond acceptors (Lipinski definition) is 8. The molecule has 1 unspecified atom stereocenters. The van der Waals surface area contributed by atoms with Crippen molar-refractivity contribution in [3.8, 4) is 17.2 Å². The number of benzene rings is 2. The van der Waals surface area contributed by atoms with Gasteiger partial charge in [0.2, 0.25) is 0 Å². The summed E-state index contributed by atoms with van der Waals surface area (Å²) in [5, 5.41) is 9.73. The molecule has 1 aromatic heterocycles. The monoisotopic (exact) mass is 520 g/mol. The number of aliphatic hydroxyl groups excluding tert-OH is 1. The van der Waals surface area contributed by atoms with E-state index in [1.165, 1.54) is 29.9 Å². The van der Waals surface area contributed by atoms with Gasteiger partial charge in [-0.15, -0.1) is 0 Å². The van der Waals surface area contributed by atoms with Crippen molar-refractivity contribution in [2.24, 2.45) is 11.7 Å². The largest absolute Gasteiger partial charge is 0.497 e. The third-order valence-electron chi connectivity index (χ3n) is 5.05. The van der Waals surface area contributed by atoms with Crippen molar-refractivity contribution in [3.05, 3.63) is 65.6 Å². The molecular weight excluding hydrogens is 492 g/mol. The molecule has 0 spiro atoms. The lowest BCUT2D eigenvalue weighted by atomic mass is 10.1. The van der Waals surface area contributed by atoms with Crippen LogP contribution in [0.5, 0.6) is 17.2 Å². The average molecular weight is 521 g/mol. The van der Waals surface area contributed by atoms with Gasteiger partial charge in [0.1, 0.15) is 23.5 Å². The fraction of sp³-hybridized carbons (Fsp3) is 0.333. The van der Waals surface area contributed by atoms with Gasteiger partial charge in [0.25, 0.3) is 10.0 Å². The molecule has 0 bridgehead atoms. The van der Waals surface area contributed by atoms with E-state index in [0.717, 1.165) is 0 Å². The van der Waals surface area contributed by atoms with E-state index >= 15 is 0 Å². The van der Waals surface area contributed by atoms with Crippen molar-refractivity contribution in [2.75, 3.05) is 24.6 Å². The first-order chi connectivity index (χ1) is 16.7. The van der Waals surface area contributed by atoms with Crippen LogP contribution < -0.4 is 19.5 Å². The van der Waals surface area contributed by atoms with Gasteiger partial charge in [-0.05, 0) is 36.6 Å². The molecule has 11 heteroatoms. The van der Waals surface area contributed by atoms with Crippen molar-refractivity contribution < 1.29 is 23.0 Å². The maximum atomic E-state index is 13.7. The highest BCUT2D eigenvalue weighted by atomic mass is 35.5.